The summed E-state index contributed by atoms with van der Waals surface area (Å²) in [4.78, 5) is 28.4. The molecule has 0 aliphatic carbocycles. The maximum absolute atomic E-state index is 12.5. The molecule has 1 aliphatic heterocycles. The van der Waals surface area contributed by atoms with Crippen molar-refractivity contribution in [1.82, 2.24) is 19.9 Å². The summed E-state index contributed by atoms with van der Waals surface area (Å²) in [6.45, 7) is 3.27. The number of hydrogen-bond acceptors (Lipinski definition) is 6. The van der Waals surface area contributed by atoms with E-state index in [1.807, 2.05) is 11.8 Å². The van der Waals surface area contributed by atoms with Gasteiger partial charge < -0.3 is 14.9 Å². The molecule has 1 N–H and O–H groups in total. The number of nitrogens with zero attached hydrogens (tertiary/aromatic N) is 5. The molecule has 7 heteroatoms. The van der Waals surface area contributed by atoms with E-state index in [-0.39, 0.29) is 12.5 Å². The van der Waals surface area contributed by atoms with Gasteiger partial charge in [-0.3, -0.25) is 14.8 Å². The SMILES string of the molecule is Cc1cncc(C(=O)N(C)C[C@]2(O)CCN(c3cnccn3)C2)c1. The maximum atomic E-state index is 12.5. The Morgan fingerprint density at radius 2 is 2.17 bits per heavy atom. The lowest BCUT2D eigenvalue weighted by atomic mass is 10.0. The first kappa shape index (κ1) is 16.3. The quantitative estimate of drug-likeness (QED) is 0.898. The molecule has 0 aromatic carbocycles. The number of rotatable bonds is 4. The summed E-state index contributed by atoms with van der Waals surface area (Å²) in [5.41, 5.74) is 0.506. The van der Waals surface area contributed by atoms with Crippen LogP contribution in [0, 0.1) is 6.92 Å². The van der Waals surface area contributed by atoms with E-state index in [9.17, 15) is 9.90 Å². The first-order valence-electron chi connectivity index (χ1n) is 7.87. The zero-order valence-corrected chi connectivity index (χ0v) is 13.9. The first-order valence-corrected chi connectivity index (χ1v) is 7.87. The highest BCUT2D eigenvalue weighted by molar-refractivity contribution is 5.93. The van der Waals surface area contributed by atoms with Gasteiger partial charge in [0.1, 0.15) is 11.4 Å². The average Bonchev–Trinajstić information content (AvgIpc) is 2.97. The normalized spacial score (nSPS) is 20.2. The molecule has 1 atom stereocenters. The summed E-state index contributed by atoms with van der Waals surface area (Å²) in [5, 5.41) is 10.8. The van der Waals surface area contributed by atoms with Crippen LogP contribution in [0.5, 0.6) is 0 Å². The van der Waals surface area contributed by atoms with Gasteiger partial charge in [-0.1, -0.05) is 0 Å². The van der Waals surface area contributed by atoms with Crippen LogP contribution in [-0.4, -0.2) is 63.1 Å². The van der Waals surface area contributed by atoms with Crippen molar-refractivity contribution in [2.24, 2.45) is 0 Å². The molecule has 0 unspecified atom stereocenters. The molecule has 1 amide bonds. The summed E-state index contributed by atoms with van der Waals surface area (Å²) in [5.74, 6) is 0.600. The van der Waals surface area contributed by atoms with E-state index in [2.05, 4.69) is 15.0 Å². The summed E-state index contributed by atoms with van der Waals surface area (Å²) >= 11 is 0. The van der Waals surface area contributed by atoms with Crippen molar-refractivity contribution in [3.63, 3.8) is 0 Å². The predicted octanol–water partition coefficient (Wildman–Crippen LogP) is 0.893. The summed E-state index contributed by atoms with van der Waals surface area (Å²) in [7, 11) is 1.70. The number of likely N-dealkylation sites (N-methyl/N-ethyl adjacent to an activating group) is 1. The number of hydrogen-bond donors (Lipinski definition) is 1. The Morgan fingerprint density at radius 3 is 2.88 bits per heavy atom. The van der Waals surface area contributed by atoms with Crippen molar-refractivity contribution in [1.29, 1.82) is 0 Å². The van der Waals surface area contributed by atoms with E-state index in [4.69, 9.17) is 0 Å². The molecule has 3 heterocycles. The van der Waals surface area contributed by atoms with Crippen LogP contribution in [0.25, 0.3) is 0 Å². The number of aromatic nitrogens is 3. The molecule has 1 saturated heterocycles. The van der Waals surface area contributed by atoms with Gasteiger partial charge >= 0.3 is 0 Å². The fourth-order valence-corrected chi connectivity index (χ4v) is 3.04. The number of amides is 1. The smallest absolute Gasteiger partial charge is 0.255 e. The molecule has 0 bridgehead atoms. The van der Waals surface area contributed by atoms with Crippen LogP contribution in [-0.2, 0) is 0 Å². The predicted molar refractivity (Wildman–Crippen MR) is 89.7 cm³/mol. The highest BCUT2D eigenvalue weighted by atomic mass is 16.3. The van der Waals surface area contributed by atoms with Crippen molar-refractivity contribution >= 4 is 11.7 Å². The molecule has 1 fully saturated rings. The highest BCUT2D eigenvalue weighted by Gasteiger charge is 2.38. The Bertz CT molecular complexity index is 724. The lowest BCUT2D eigenvalue weighted by Gasteiger charge is -2.29. The molecule has 24 heavy (non-hydrogen) atoms. The Labute approximate surface area is 141 Å². The van der Waals surface area contributed by atoms with E-state index in [1.54, 1.807) is 49.0 Å². The Hall–Kier alpha value is -2.54. The fourth-order valence-electron chi connectivity index (χ4n) is 3.04. The minimum Gasteiger partial charge on any atom is -0.386 e. The van der Waals surface area contributed by atoms with Crippen LogP contribution in [0.1, 0.15) is 22.3 Å². The van der Waals surface area contributed by atoms with Crippen molar-refractivity contribution in [2.45, 2.75) is 18.9 Å². The van der Waals surface area contributed by atoms with Crippen molar-refractivity contribution in [3.8, 4) is 0 Å². The van der Waals surface area contributed by atoms with Crippen LogP contribution >= 0.6 is 0 Å². The van der Waals surface area contributed by atoms with E-state index in [0.29, 0.717) is 25.1 Å². The Balaban J connectivity index is 1.66. The van der Waals surface area contributed by atoms with Crippen LogP contribution in [0.2, 0.25) is 0 Å². The summed E-state index contributed by atoms with van der Waals surface area (Å²) < 4.78 is 0. The summed E-state index contributed by atoms with van der Waals surface area (Å²) in [6.07, 6.45) is 8.77. The van der Waals surface area contributed by atoms with Crippen LogP contribution in [0.3, 0.4) is 0 Å². The molecular weight excluding hydrogens is 306 g/mol. The summed E-state index contributed by atoms with van der Waals surface area (Å²) in [6, 6.07) is 1.80. The number of aliphatic hydroxyl groups is 1. The third-order valence-electron chi connectivity index (χ3n) is 4.21. The second-order valence-corrected chi connectivity index (χ2v) is 6.37. The van der Waals surface area contributed by atoms with E-state index >= 15 is 0 Å². The molecule has 1 aliphatic rings. The Morgan fingerprint density at radius 1 is 1.33 bits per heavy atom. The van der Waals surface area contributed by atoms with Gasteiger partial charge in [-0.2, -0.15) is 0 Å². The van der Waals surface area contributed by atoms with E-state index in [0.717, 1.165) is 11.4 Å². The third-order valence-corrected chi connectivity index (χ3v) is 4.21. The third kappa shape index (κ3) is 3.51. The standard InChI is InChI=1S/C17H21N5O2/c1-13-7-14(9-19-8-13)16(23)21(2)11-17(24)3-6-22(12-17)15-10-18-4-5-20-15/h4-5,7-10,24H,3,6,11-12H2,1-2H3/t17-/m1/s1. The van der Waals surface area contributed by atoms with E-state index < -0.39 is 5.60 Å². The molecule has 7 nitrogen and oxygen atoms in total. The van der Waals surface area contributed by atoms with Gasteiger partial charge in [0.25, 0.3) is 5.91 Å². The van der Waals surface area contributed by atoms with Crippen LogP contribution in [0.15, 0.2) is 37.1 Å². The van der Waals surface area contributed by atoms with Gasteiger partial charge in [-0.25, -0.2) is 4.98 Å². The van der Waals surface area contributed by atoms with Gasteiger partial charge in [0, 0.05) is 44.9 Å². The van der Waals surface area contributed by atoms with Crippen molar-refractivity contribution in [2.75, 3.05) is 31.6 Å². The number of aryl methyl sites for hydroxylation is 1. The molecule has 0 saturated carbocycles. The Kier molecular flexibility index (Phi) is 4.44. The average molecular weight is 327 g/mol. The number of β-amino-alcohol motifs (C(OH)–C–C–N with tert-alkyl or cyclic N) is 1. The van der Waals surface area contributed by atoms with Gasteiger partial charge in [-0.15, -0.1) is 0 Å². The monoisotopic (exact) mass is 327 g/mol. The highest BCUT2D eigenvalue weighted by Crippen LogP contribution is 2.26. The van der Waals surface area contributed by atoms with Crippen molar-refractivity contribution in [3.05, 3.63) is 48.2 Å². The molecular formula is C17H21N5O2. The zero-order valence-electron chi connectivity index (χ0n) is 13.9. The van der Waals surface area contributed by atoms with Crippen LogP contribution in [0.4, 0.5) is 5.82 Å². The second-order valence-electron chi connectivity index (χ2n) is 6.37. The molecule has 126 valence electrons. The van der Waals surface area contributed by atoms with Crippen molar-refractivity contribution < 1.29 is 9.90 Å². The molecule has 2 aromatic heterocycles. The molecule has 0 spiro atoms. The van der Waals surface area contributed by atoms with Gasteiger partial charge in [0.15, 0.2) is 0 Å². The second kappa shape index (κ2) is 6.52. The lowest BCUT2D eigenvalue weighted by Crippen LogP contribution is -2.46. The first-order chi connectivity index (χ1) is 11.5. The van der Waals surface area contributed by atoms with E-state index in [1.165, 1.54) is 0 Å². The number of carbonyl (C=O) groups excluding carboxylic acids is 1. The van der Waals surface area contributed by atoms with Crippen LogP contribution < -0.4 is 4.90 Å². The molecule has 3 rings (SSSR count). The zero-order chi connectivity index (χ0) is 17.2. The minimum absolute atomic E-state index is 0.141. The van der Waals surface area contributed by atoms with Gasteiger partial charge in [0.05, 0.1) is 18.3 Å². The van der Waals surface area contributed by atoms with Gasteiger partial charge in [-0.05, 0) is 25.0 Å². The lowest BCUT2D eigenvalue weighted by molar-refractivity contribution is 0.0264. The minimum atomic E-state index is -0.959. The molecule has 0 radical (unpaired) electrons. The number of carbonyl (C=O) groups is 1. The van der Waals surface area contributed by atoms with Gasteiger partial charge in [0.2, 0.25) is 0 Å². The largest absolute Gasteiger partial charge is 0.386 e. The number of pyridine rings is 1. The fraction of sp³-hybridized carbons (Fsp3) is 0.412. The number of anilines is 1. The maximum Gasteiger partial charge on any atom is 0.255 e. The topological polar surface area (TPSA) is 82.5 Å². The molecule has 2 aromatic rings.